The van der Waals surface area contributed by atoms with Crippen molar-refractivity contribution in [3.8, 4) is 11.1 Å². The van der Waals surface area contributed by atoms with E-state index in [4.69, 9.17) is 9.84 Å². The summed E-state index contributed by atoms with van der Waals surface area (Å²) in [5, 5.41) is 14.5. The zero-order valence-corrected chi connectivity index (χ0v) is 18.1. The van der Waals surface area contributed by atoms with Gasteiger partial charge in [0, 0.05) is 18.4 Å². The van der Waals surface area contributed by atoms with Crippen LogP contribution in [-0.4, -0.2) is 41.3 Å². The topological polar surface area (TPSA) is 105 Å². The Labute approximate surface area is 187 Å². The Morgan fingerprint density at radius 3 is 2.22 bits per heavy atom. The Balaban J connectivity index is 1.22. The highest BCUT2D eigenvalue weighted by Crippen LogP contribution is 2.44. The van der Waals surface area contributed by atoms with E-state index >= 15 is 0 Å². The molecular formula is C25H28N2O5. The summed E-state index contributed by atoms with van der Waals surface area (Å²) in [6, 6.07) is 16.2. The maximum absolute atomic E-state index is 12.3. The normalized spacial score (nSPS) is 16.4. The molecule has 2 amide bonds. The Bertz CT molecular complexity index is 985. The number of carboxylic acid groups (broad SMARTS) is 1. The van der Waals surface area contributed by atoms with Gasteiger partial charge < -0.3 is 20.5 Å². The fourth-order valence-electron chi connectivity index (χ4n) is 4.33. The number of fused-ring (bicyclic) bond motifs is 3. The molecule has 0 heterocycles. The van der Waals surface area contributed by atoms with Gasteiger partial charge in [-0.05, 0) is 54.9 Å². The second-order valence-corrected chi connectivity index (χ2v) is 8.70. The molecule has 2 aromatic rings. The minimum atomic E-state index is -1.05. The number of carbonyl (C=O) groups excluding carboxylic acids is 2. The van der Waals surface area contributed by atoms with Gasteiger partial charge in [0.15, 0.2) is 0 Å². The zero-order valence-electron chi connectivity index (χ0n) is 18.1. The predicted octanol–water partition coefficient (Wildman–Crippen LogP) is 3.82. The summed E-state index contributed by atoms with van der Waals surface area (Å²) >= 11 is 0. The van der Waals surface area contributed by atoms with Crippen LogP contribution >= 0.6 is 0 Å². The number of carbonyl (C=O) groups is 3. The van der Waals surface area contributed by atoms with E-state index in [0.29, 0.717) is 25.7 Å². The van der Waals surface area contributed by atoms with Crippen LogP contribution in [0.25, 0.3) is 11.1 Å². The van der Waals surface area contributed by atoms with Gasteiger partial charge in [0.25, 0.3) is 0 Å². The van der Waals surface area contributed by atoms with Crippen molar-refractivity contribution in [2.45, 2.75) is 56.5 Å². The van der Waals surface area contributed by atoms with Crippen LogP contribution < -0.4 is 10.6 Å². The van der Waals surface area contributed by atoms with Gasteiger partial charge in [-0.3, -0.25) is 4.79 Å². The molecule has 3 N–H and O–H groups in total. The molecule has 1 fully saturated rings. The molecule has 0 spiro atoms. The average molecular weight is 437 g/mol. The summed E-state index contributed by atoms with van der Waals surface area (Å²) in [5.41, 5.74) is 3.63. The van der Waals surface area contributed by atoms with Crippen LogP contribution in [0.3, 0.4) is 0 Å². The lowest BCUT2D eigenvalue weighted by Crippen LogP contribution is -2.43. The monoisotopic (exact) mass is 436 g/mol. The number of rotatable bonds is 9. The Morgan fingerprint density at radius 1 is 1.06 bits per heavy atom. The molecule has 2 aliphatic rings. The van der Waals surface area contributed by atoms with Crippen molar-refractivity contribution in [2.75, 3.05) is 6.61 Å². The number of aliphatic carboxylic acids is 1. The Kier molecular flexibility index (Phi) is 6.17. The van der Waals surface area contributed by atoms with Crippen LogP contribution in [0.5, 0.6) is 0 Å². The highest BCUT2D eigenvalue weighted by atomic mass is 16.5. The van der Waals surface area contributed by atoms with Crippen LogP contribution in [-0.2, 0) is 14.3 Å². The van der Waals surface area contributed by atoms with Crippen molar-refractivity contribution >= 4 is 18.0 Å². The minimum Gasteiger partial charge on any atom is -0.480 e. The molecule has 0 aromatic heterocycles. The Morgan fingerprint density at radius 2 is 1.66 bits per heavy atom. The molecule has 7 heteroatoms. The standard InChI is InChI=1S/C25H28N2O5/c1-16(7-6-12-22(28)27-25(13-14-25)23(29)30)26-24(31)32-15-21-19-10-4-2-8-17(19)18-9-3-5-11-20(18)21/h2-5,8-11,16,21H,6-7,12-15H2,1H3,(H,26,31)(H,27,28)(H,29,30). The first-order valence-electron chi connectivity index (χ1n) is 11.1. The minimum absolute atomic E-state index is 0.0103. The second kappa shape index (κ2) is 9.02. The number of carboxylic acids is 1. The van der Waals surface area contributed by atoms with Gasteiger partial charge in [0.2, 0.25) is 5.91 Å². The molecule has 1 atom stereocenters. The SMILES string of the molecule is CC(CCCC(=O)NC1(C(=O)O)CC1)NC(=O)OCC1c2ccccc2-c2ccccc21. The predicted molar refractivity (Wildman–Crippen MR) is 119 cm³/mol. The number of hydrogen-bond acceptors (Lipinski definition) is 4. The summed E-state index contributed by atoms with van der Waals surface area (Å²) in [6.45, 7) is 2.12. The van der Waals surface area contributed by atoms with E-state index in [1.165, 1.54) is 11.1 Å². The smallest absolute Gasteiger partial charge is 0.407 e. The maximum Gasteiger partial charge on any atom is 0.407 e. The van der Waals surface area contributed by atoms with E-state index in [1.54, 1.807) is 0 Å². The molecular weight excluding hydrogens is 408 g/mol. The largest absolute Gasteiger partial charge is 0.480 e. The van der Waals surface area contributed by atoms with E-state index in [2.05, 4.69) is 34.9 Å². The highest BCUT2D eigenvalue weighted by molar-refractivity contribution is 5.89. The molecule has 0 radical (unpaired) electrons. The van der Waals surface area contributed by atoms with Crippen LogP contribution in [0.15, 0.2) is 48.5 Å². The molecule has 7 nitrogen and oxygen atoms in total. The first-order chi connectivity index (χ1) is 15.4. The van der Waals surface area contributed by atoms with Crippen molar-refractivity contribution in [3.63, 3.8) is 0 Å². The summed E-state index contributed by atoms with van der Waals surface area (Å²) in [4.78, 5) is 35.4. The van der Waals surface area contributed by atoms with Gasteiger partial charge in [-0.1, -0.05) is 48.5 Å². The summed E-state index contributed by atoms with van der Waals surface area (Å²) in [6.07, 6.45) is 1.85. The molecule has 2 aromatic carbocycles. The Hall–Kier alpha value is -3.35. The highest BCUT2D eigenvalue weighted by Gasteiger charge is 2.51. The maximum atomic E-state index is 12.3. The third kappa shape index (κ3) is 4.61. The lowest BCUT2D eigenvalue weighted by atomic mass is 9.98. The fraction of sp³-hybridized carbons (Fsp3) is 0.400. The molecule has 32 heavy (non-hydrogen) atoms. The van der Waals surface area contributed by atoms with Crippen molar-refractivity contribution in [1.29, 1.82) is 0 Å². The van der Waals surface area contributed by atoms with Crippen LogP contribution in [0.1, 0.15) is 56.1 Å². The fourth-order valence-corrected chi connectivity index (χ4v) is 4.33. The third-order valence-electron chi connectivity index (χ3n) is 6.29. The summed E-state index contributed by atoms with van der Waals surface area (Å²) in [7, 11) is 0. The first kappa shape index (κ1) is 21.9. The number of nitrogens with one attached hydrogen (secondary N) is 2. The lowest BCUT2D eigenvalue weighted by Gasteiger charge is -2.17. The molecule has 1 saturated carbocycles. The van der Waals surface area contributed by atoms with E-state index < -0.39 is 17.6 Å². The average Bonchev–Trinajstić information content (AvgIpc) is 3.48. The summed E-state index contributed by atoms with van der Waals surface area (Å²) in [5.74, 6) is -1.23. The van der Waals surface area contributed by atoms with Gasteiger partial charge in [-0.25, -0.2) is 9.59 Å². The van der Waals surface area contributed by atoms with E-state index in [9.17, 15) is 14.4 Å². The molecule has 2 aliphatic carbocycles. The number of amides is 2. The van der Waals surface area contributed by atoms with Gasteiger partial charge in [0.1, 0.15) is 12.1 Å². The molecule has 0 aliphatic heterocycles. The summed E-state index contributed by atoms with van der Waals surface area (Å²) < 4.78 is 5.54. The molecule has 0 bridgehead atoms. The quantitative estimate of drug-likeness (QED) is 0.554. The second-order valence-electron chi connectivity index (χ2n) is 8.70. The van der Waals surface area contributed by atoms with Gasteiger partial charge in [-0.15, -0.1) is 0 Å². The van der Waals surface area contributed by atoms with Crippen molar-refractivity contribution < 1.29 is 24.2 Å². The van der Waals surface area contributed by atoms with E-state index in [0.717, 1.165) is 11.1 Å². The van der Waals surface area contributed by atoms with Crippen molar-refractivity contribution in [1.82, 2.24) is 10.6 Å². The molecule has 1 unspecified atom stereocenters. The van der Waals surface area contributed by atoms with Crippen molar-refractivity contribution in [2.24, 2.45) is 0 Å². The van der Waals surface area contributed by atoms with Gasteiger partial charge in [-0.2, -0.15) is 0 Å². The zero-order chi connectivity index (χ0) is 22.7. The molecule has 168 valence electrons. The first-order valence-corrected chi connectivity index (χ1v) is 11.1. The number of benzene rings is 2. The number of alkyl carbamates (subject to hydrolysis) is 1. The number of ether oxygens (including phenoxy) is 1. The van der Waals surface area contributed by atoms with Gasteiger partial charge >= 0.3 is 12.1 Å². The molecule has 4 rings (SSSR count). The van der Waals surface area contributed by atoms with Crippen LogP contribution in [0.4, 0.5) is 4.79 Å². The van der Waals surface area contributed by atoms with E-state index in [-0.39, 0.29) is 30.9 Å². The van der Waals surface area contributed by atoms with E-state index in [1.807, 2.05) is 31.2 Å². The van der Waals surface area contributed by atoms with Crippen molar-refractivity contribution in [3.05, 3.63) is 59.7 Å². The molecule has 0 saturated heterocycles. The number of hydrogen-bond donors (Lipinski definition) is 3. The van der Waals surface area contributed by atoms with Crippen LogP contribution in [0, 0.1) is 0 Å². The third-order valence-corrected chi connectivity index (χ3v) is 6.29. The lowest BCUT2D eigenvalue weighted by molar-refractivity contribution is -0.143. The van der Waals surface area contributed by atoms with Gasteiger partial charge in [0.05, 0.1) is 0 Å². The van der Waals surface area contributed by atoms with Crippen LogP contribution in [0.2, 0.25) is 0 Å².